The molecule has 1 aromatic heterocycles. The van der Waals surface area contributed by atoms with E-state index in [2.05, 4.69) is 20.8 Å². The van der Waals surface area contributed by atoms with Crippen molar-refractivity contribution in [2.45, 2.75) is 19.6 Å². The predicted octanol–water partition coefficient (Wildman–Crippen LogP) is 3.73. The van der Waals surface area contributed by atoms with E-state index < -0.39 is 6.10 Å². The molecule has 0 spiro atoms. The average Bonchev–Trinajstić information content (AvgIpc) is 2.81. The van der Waals surface area contributed by atoms with Crippen molar-refractivity contribution in [3.05, 3.63) is 52.4 Å². The fourth-order valence-corrected chi connectivity index (χ4v) is 2.54. The van der Waals surface area contributed by atoms with Gasteiger partial charge in [0.2, 0.25) is 0 Å². The van der Waals surface area contributed by atoms with Crippen molar-refractivity contribution in [2.24, 2.45) is 0 Å². The normalized spacial score (nSPS) is 12.4. The Morgan fingerprint density at radius 2 is 2.17 bits per heavy atom. The number of halogens is 1. The number of aliphatic hydroxyl groups is 1. The van der Waals surface area contributed by atoms with Crippen molar-refractivity contribution in [1.29, 1.82) is 0 Å². The molecule has 0 fully saturated rings. The van der Waals surface area contributed by atoms with Gasteiger partial charge in [-0.15, -0.1) is 0 Å². The molecule has 0 saturated heterocycles. The van der Waals surface area contributed by atoms with E-state index in [-0.39, 0.29) is 0 Å². The number of furan rings is 1. The highest BCUT2D eigenvalue weighted by Gasteiger charge is 2.09. The summed E-state index contributed by atoms with van der Waals surface area (Å²) in [5, 5.41) is 9.59. The molecule has 2 aromatic rings. The average molecular weight is 310 g/mol. The molecule has 4 heteroatoms. The minimum atomic E-state index is -0.465. The fraction of sp³-hybridized carbons (Fsp3) is 0.286. The highest BCUT2D eigenvalue weighted by atomic mass is 79.9. The second-order valence-corrected chi connectivity index (χ2v) is 5.22. The summed E-state index contributed by atoms with van der Waals surface area (Å²) in [7, 11) is 2.02. The van der Waals surface area contributed by atoms with Crippen LogP contribution in [0.15, 0.2) is 45.7 Å². The van der Waals surface area contributed by atoms with Crippen LogP contribution < -0.4 is 4.90 Å². The second kappa shape index (κ2) is 5.59. The third-order valence-corrected chi connectivity index (χ3v) is 3.56. The lowest BCUT2D eigenvalue weighted by atomic mass is 10.1. The van der Waals surface area contributed by atoms with Crippen molar-refractivity contribution in [2.75, 3.05) is 11.9 Å². The summed E-state index contributed by atoms with van der Waals surface area (Å²) in [5.74, 6) is 0. The molecule has 0 radical (unpaired) electrons. The molecule has 0 aliphatic heterocycles. The van der Waals surface area contributed by atoms with E-state index in [9.17, 15) is 5.11 Å². The number of benzene rings is 1. The van der Waals surface area contributed by atoms with Gasteiger partial charge in [-0.1, -0.05) is 22.0 Å². The van der Waals surface area contributed by atoms with Crippen LogP contribution in [-0.4, -0.2) is 12.2 Å². The highest BCUT2D eigenvalue weighted by Crippen LogP contribution is 2.28. The molecule has 1 aromatic carbocycles. The Balaban J connectivity index is 2.16. The van der Waals surface area contributed by atoms with Gasteiger partial charge in [0.25, 0.3) is 0 Å². The third-order valence-electron chi connectivity index (χ3n) is 2.87. The van der Waals surface area contributed by atoms with Gasteiger partial charge in [-0.05, 0) is 30.7 Å². The van der Waals surface area contributed by atoms with Gasteiger partial charge in [0, 0.05) is 29.3 Å². The zero-order valence-electron chi connectivity index (χ0n) is 10.4. The van der Waals surface area contributed by atoms with E-state index in [0.29, 0.717) is 0 Å². The van der Waals surface area contributed by atoms with Crippen LogP contribution in [0.4, 0.5) is 5.69 Å². The second-order valence-electron chi connectivity index (χ2n) is 4.37. The summed E-state index contributed by atoms with van der Waals surface area (Å²) in [6, 6.07) is 7.92. The van der Waals surface area contributed by atoms with Crippen molar-refractivity contribution in [1.82, 2.24) is 0 Å². The first-order valence-electron chi connectivity index (χ1n) is 5.77. The Kier molecular flexibility index (Phi) is 4.09. The Hall–Kier alpha value is -1.26. The molecule has 2 rings (SSSR count). The summed E-state index contributed by atoms with van der Waals surface area (Å²) in [4.78, 5) is 2.13. The van der Waals surface area contributed by atoms with Gasteiger partial charge in [0.15, 0.2) is 0 Å². The Morgan fingerprint density at radius 3 is 2.72 bits per heavy atom. The van der Waals surface area contributed by atoms with Crippen LogP contribution in [0.1, 0.15) is 24.2 Å². The van der Waals surface area contributed by atoms with Gasteiger partial charge in [0.1, 0.15) is 0 Å². The molecule has 0 saturated carbocycles. The van der Waals surface area contributed by atoms with E-state index in [4.69, 9.17) is 4.42 Å². The van der Waals surface area contributed by atoms with Gasteiger partial charge < -0.3 is 14.4 Å². The SMILES string of the molecule is C[C@@H](O)c1ccc(N(C)Cc2ccoc2)cc1Br. The van der Waals surface area contributed by atoms with Crippen LogP contribution in [0.2, 0.25) is 0 Å². The molecule has 0 aliphatic rings. The molecule has 96 valence electrons. The Labute approximate surface area is 115 Å². The Bertz CT molecular complexity index is 509. The number of rotatable bonds is 4. The van der Waals surface area contributed by atoms with Crippen LogP contribution in [0, 0.1) is 0 Å². The number of anilines is 1. The van der Waals surface area contributed by atoms with Crippen molar-refractivity contribution in [3.8, 4) is 0 Å². The number of hydrogen-bond donors (Lipinski definition) is 1. The molecule has 0 amide bonds. The van der Waals surface area contributed by atoms with Crippen LogP contribution in [0.5, 0.6) is 0 Å². The zero-order valence-corrected chi connectivity index (χ0v) is 12.0. The van der Waals surface area contributed by atoms with Gasteiger partial charge in [-0.2, -0.15) is 0 Å². The monoisotopic (exact) mass is 309 g/mol. The number of hydrogen-bond acceptors (Lipinski definition) is 3. The van der Waals surface area contributed by atoms with E-state index in [0.717, 1.165) is 27.8 Å². The van der Waals surface area contributed by atoms with Crippen molar-refractivity contribution in [3.63, 3.8) is 0 Å². The van der Waals surface area contributed by atoms with Crippen LogP contribution in [-0.2, 0) is 6.54 Å². The van der Waals surface area contributed by atoms with Gasteiger partial charge >= 0.3 is 0 Å². The largest absolute Gasteiger partial charge is 0.472 e. The maximum atomic E-state index is 9.59. The number of nitrogens with zero attached hydrogens (tertiary/aromatic N) is 1. The van der Waals surface area contributed by atoms with Crippen molar-refractivity contribution < 1.29 is 9.52 Å². The minimum Gasteiger partial charge on any atom is -0.472 e. The lowest BCUT2D eigenvalue weighted by molar-refractivity contribution is 0.198. The fourth-order valence-electron chi connectivity index (χ4n) is 1.84. The van der Waals surface area contributed by atoms with E-state index >= 15 is 0 Å². The number of aliphatic hydroxyl groups excluding tert-OH is 1. The quantitative estimate of drug-likeness (QED) is 0.935. The summed E-state index contributed by atoms with van der Waals surface area (Å²) in [6.07, 6.45) is 2.96. The Morgan fingerprint density at radius 1 is 1.39 bits per heavy atom. The lowest BCUT2D eigenvalue weighted by Gasteiger charge is -2.20. The zero-order chi connectivity index (χ0) is 13.1. The molecule has 1 N–H and O–H groups in total. The third kappa shape index (κ3) is 2.94. The predicted molar refractivity (Wildman–Crippen MR) is 75.6 cm³/mol. The molecule has 0 bridgehead atoms. The van der Waals surface area contributed by atoms with Crippen LogP contribution >= 0.6 is 15.9 Å². The molecule has 1 atom stereocenters. The lowest BCUT2D eigenvalue weighted by Crippen LogP contribution is -2.16. The molecular formula is C14H16BrNO2. The van der Waals surface area contributed by atoms with Crippen LogP contribution in [0.25, 0.3) is 0 Å². The maximum absolute atomic E-state index is 9.59. The smallest absolute Gasteiger partial charge is 0.0952 e. The first-order chi connectivity index (χ1) is 8.58. The summed E-state index contributed by atoms with van der Waals surface area (Å²) in [6.45, 7) is 2.55. The van der Waals surface area contributed by atoms with E-state index in [1.807, 2.05) is 31.3 Å². The molecule has 18 heavy (non-hydrogen) atoms. The molecular weight excluding hydrogens is 294 g/mol. The standard InChI is InChI=1S/C14H16BrNO2/c1-10(17)13-4-3-12(7-14(13)15)16(2)8-11-5-6-18-9-11/h3-7,9-10,17H,8H2,1-2H3/t10-/m1/s1. The minimum absolute atomic E-state index is 0.465. The molecule has 0 unspecified atom stereocenters. The van der Waals surface area contributed by atoms with E-state index in [1.165, 1.54) is 0 Å². The van der Waals surface area contributed by atoms with Gasteiger partial charge in [-0.25, -0.2) is 0 Å². The molecule has 1 heterocycles. The highest BCUT2D eigenvalue weighted by molar-refractivity contribution is 9.10. The first kappa shape index (κ1) is 13.2. The topological polar surface area (TPSA) is 36.6 Å². The van der Waals surface area contributed by atoms with Crippen LogP contribution in [0.3, 0.4) is 0 Å². The summed E-state index contributed by atoms with van der Waals surface area (Å²) >= 11 is 3.49. The molecule has 3 nitrogen and oxygen atoms in total. The first-order valence-corrected chi connectivity index (χ1v) is 6.57. The maximum Gasteiger partial charge on any atom is 0.0952 e. The summed E-state index contributed by atoms with van der Waals surface area (Å²) < 4.78 is 5.98. The van der Waals surface area contributed by atoms with E-state index in [1.54, 1.807) is 19.5 Å². The van der Waals surface area contributed by atoms with Gasteiger partial charge in [-0.3, -0.25) is 0 Å². The van der Waals surface area contributed by atoms with Gasteiger partial charge in [0.05, 0.1) is 18.6 Å². The summed E-state index contributed by atoms with van der Waals surface area (Å²) in [5.41, 5.74) is 3.12. The molecule has 0 aliphatic carbocycles. The van der Waals surface area contributed by atoms with Crippen molar-refractivity contribution >= 4 is 21.6 Å².